The predicted molar refractivity (Wildman–Crippen MR) is 96.8 cm³/mol. The number of hydrogen-bond acceptors (Lipinski definition) is 5. The third-order valence-corrected chi connectivity index (χ3v) is 3.71. The Morgan fingerprint density at radius 1 is 1.07 bits per heavy atom. The molecule has 29 heavy (non-hydrogen) atoms. The van der Waals surface area contributed by atoms with E-state index in [2.05, 4.69) is 10.3 Å². The molecule has 0 saturated carbocycles. The van der Waals surface area contributed by atoms with Gasteiger partial charge in [-0.2, -0.15) is 13.2 Å². The molecule has 1 heterocycles. The molecule has 1 amide bonds. The largest absolute Gasteiger partial charge is 0.438 e. The van der Waals surface area contributed by atoms with Crippen LogP contribution in [0, 0.1) is 10.1 Å². The summed E-state index contributed by atoms with van der Waals surface area (Å²) in [6.45, 7) is 0. The predicted octanol–water partition coefficient (Wildman–Crippen LogP) is 5.05. The molecule has 0 aliphatic rings. The summed E-state index contributed by atoms with van der Waals surface area (Å²) in [5, 5.41) is 13.3. The monoisotopic (exact) mass is 403 g/mol. The molecule has 0 aliphatic carbocycles. The Morgan fingerprint density at radius 3 is 2.55 bits per heavy atom. The number of anilines is 1. The highest BCUT2D eigenvalue weighted by Gasteiger charge is 2.30. The number of halogens is 3. The summed E-state index contributed by atoms with van der Waals surface area (Å²) in [5.41, 5.74) is -1.02. The Bertz CT molecular complexity index is 1070. The number of pyridine rings is 1. The average molecular weight is 403 g/mol. The maximum atomic E-state index is 12.9. The molecule has 148 valence electrons. The van der Waals surface area contributed by atoms with Crippen LogP contribution >= 0.6 is 0 Å². The first-order chi connectivity index (χ1) is 13.7. The number of alkyl halides is 3. The zero-order valence-electron chi connectivity index (χ0n) is 14.5. The molecule has 0 radical (unpaired) electrons. The van der Waals surface area contributed by atoms with Gasteiger partial charge in [0.1, 0.15) is 11.3 Å². The lowest BCUT2D eigenvalue weighted by Gasteiger charge is -2.12. The Labute approximate surface area is 161 Å². The molecule has 2 aromatic carbocycles. The van der Waals surface area contributed by atoms with Gasteiger partial charge in [-0.3, -0.25) is 14.9 Å². The van der Waals surface area contributed by atoms with Gasteiger partial charge in [0.25, 0.3) is 11.6 Å². The van der Waals surface area contributed by atoms with E-state index in [9.17, 15) is 28.1 Å². The molecule has 0 atom stereocenters. The summed E-state index contributed by atoms with van der Waals surface area (Å²) in [6.07, 6.45) is -3.24. The minimum Gasteiger partial charge on any atom is -0.438 e. The lowest BCUT2D eigenvalue weighted by atomic mass is 10.2. The summed E-state index contributed by atoms with van der Waals surface area (Å²) in [6, 6.07) is 12.2. The molecule has 0 bridgehead atoms. The van der Waals surface area contributed by atoms with Gasteiger partial charge in [-0.25, -0.2) is 4.98 Å². The molecule has 0 unspecified atom stereocenters. The number of benzene rings is 2. The van der Waals surface area contributed by atoms with Crippen LogP contribution < -0.4 is 10.1 Å². The number of nitrogens with zero attached hydrogens (tertiary/aromatic N) is 2. The first-order valence-electron chi connectivity index (χ1n) is 8.10. The highest BCUT2D eigenvalue weighted by Crippen LogP contribution is 2.33. The van der Waals surface area contributed by atoms with Crippen LogP contribution in [0.25, 0.3) is 0 Å². The lowest BCUT2D eigenvalue weighted by Crippen LogP contribution is -2.13. The molecular weight excluding hydrogens is 391 g/mol. The molecule has 0 fully saturated rings. The highest BCUT2D eigenvalue weighted by atomic mass is 19.4. The smallest absolute Gasteiger partial charge is 0.416 e. The molecule has 7 nitrogen and oxygen atoms in total. The number of nitro groups is 1. The van der Waals surface area contributed by atoms with Crippen molar-refractivity contribution in [2.24, 2.45) is 0 Å². The molecule has 0 saturated heterocycles. The SMILES string of the molecule is O=C(Nc1cccc([N+](=O)[O-])c1)c1cccnc1Oc1cccc(C(F)(F)F)c1. The number of nitro benzene ring substituents is 1. The van der Waals surface area contributed by atoms with E-state index in [1.54, 1.807) is 0 Å². The minimum atomic E-state index is -4.55. The zero-order valence-corrected chi connectivity index (χ0v) is 14.5. The van der Waals surface area contributed by atoms with Crippen molar-refractivity contribution < 1.29 is 27.6 Å². The van der Waals surface area contributed by atoms with Crippen LogP contribution in [0.4, 0.5) is 24.5 Å². The fourth-order valence-electron chi connectivity index (χ4n) is 2.39. The van der Waals surface area contributed by atoms with Crippen LogP contribution in [-0.2, 0) is 6.18 Å². The van der Waals surface area contributed by atoms with E-state index in [4.69, 9.17) is 4.74 Å². The third kappa shape index (κ3) is 4.86. The van der Waals surface area contributed by atoms with Crippen molar-refractivity contribution in [2.75, 3.05) is 5.32 Å². The van der Waals surface area contributed by atoms with Gasteiger partial charge in [-0.15, -0.1) is 0 Å². The number of non-ortho nitro benzene ring substituents is 1. The Balaban J connectivity index is 1.85. The zero-order chi connectivity index (χ0) is 21.0. The summed E-state index contributed by atoms with van der Waals surface area (Å²) in [5.74, 6) is -1.06. The van der Waals surface area contributed by atoms with Gasteiger partial charge in [0.2, 0.25) is 5.88 Å². The average Bonchev–Trinajstić information content (AvgIpc) is 2.68. The maximum Gasteiger partial charge on any atom is 0.416 e. The molecule has 0 aliphatic heterocycles. The van der Waals surface area contributed by atoms with Gasteiger partial charge in [0.05, 0.1) is 10.5 Å². The topological polar surface area (TPSA) is 94.4 Å². The van der Waals surface area contributed by atoms with E-state index in [1.807, 2.05) is 0 Å². The van der Waals surface area contributed by atoms with Crippen LogP contribution in [0.2, 0.25) is 0 Å². The summed E-state index contributed by atoms with van der Waals surface area (Å²) < 4.78 is 44.0. The fourth-order valence-corrected chi connectivity index (χ4v) is 2.39. The summed E-state index contributed by atoms with van der Waals surface area (Å²) in [4.78, 5) is 26.7. The maximum absolute atomic E-state index is 12.9. The van der Waals surface area contributed by atoms with E-state index in [-0.39, 0.29) is 28.6 Å². The van der Waals surface area contributed by atoms with Crippen LogP contribution in [0.3, 0.4) is 0 Å². The molecule has 3 aromatic rings. The van der Waals surface area contributed by atoms with Crippen molar-refractivity contribution in [1.29, 1.82) is 0 Å². The van der Waals surface area contributed by atoms with E-state index in [0.717, 1.165) is 12.1 Å². The number of amides is 1. The second kappa shape index (κ2) is 7.97. The first-order valence-corrected chi connectivity index (χ1v) is 8.10. The van der Waals surface area contributed by atoms with Crippen LogP contribution in [0.15, 0.2) is 66.9 Å². The normalized spacial score (nSPS) is 11.0. The minimum absolute atomic E-state index is 0.0589. The summed E-state index contributed by atoms with van der Waals surface area (Å²) >= 11 is 0. The van der Waals surface area contributed by atoms with Gasteiger partial charge in [-0.05, 0) is 36.4 Å². The highest BCUT2D eigenvalue weighted by molar-refractivity contribution is 6.06. The lowest BCUT2D eigenvalue weighted by molar-refractivity contribution is -0.384. The van der Waals surface area contributed by atoms with Crippen molar-refractivity contribution in [3.05, 3.63) is 88.1 Å². The van der Waals surface area contributed by atoms with E-state index in [0.29, 0.717) is 0 Å². The van der Waals surface area contributed by atoms with Crippen molar-refractivity contribution in [1.82, 2.24) is 4.98 Å². The molecule has 10 heteroatoms. The third-order valence-electron chi connectivity index (χ3n) is 3.71. The number of aromatic nitrogens is 1. The van der Waals surface area contributed by atoms with Gasteiger partial charge in [0, 0.05) is 24.0 Å². The quantitative estimate of drug-likeness (QED) is 0.475. The second-order valence-corrected chi connectivity index (χ2v) is 5.75. The van der Waals surface area contributed by atoms with Gasteiger partial charge >= 0.3 is 6.18 Å². The summed E-state index contributed by atoms with van der Waals surface area (Å²) in [7, 11) is 0. The Kier molecular flexibility index (Phi) is 5.44. The number of nitrogens with one attached hydrogen (secondary N) is 1. The van der Waals surface area contributed by atoms with Gasteiger partial charge < -0.3 is 10.1 Å². The van der Waals surface area contributed by atoms with Crippen LogP contribution in [0.1, 0.15) is 15.9 Å². The van der Waals surface area contributed by atoms with E-state index < -0.39 is 22.6 Å². The number of carbonyl (C=O) groups is 1. The van der Waals surface area contributed by atoms with Crippen molar-refractivity contribution in [3.8, 4) is 11.6 Å². The van der Waals surface area contributed by atoms with Crippen molar-refractivity contribution >= 4 is 17.3 Å². The molecule has 3 rings (SSSR count). The number of hydrogen-bond donors (Lipinski definition) is 1. The molecular formula is C19H12F3N3O4. The number of carbonyl (C=O) groups excluding carboxylic acids is 1. The molecule has 0 spiro atoms. The van der Waals surface area contributed by atoms with Crippen LogP contribution in [0.5, 0.6) is 11.6 Å². The standard InChI is InChI=1S/C19H12F3N3O4/c20-19(21,22)12-4-1-7-15(10-12)29-18-16(8-3-9-23-18)17(26)24-13-5-2-6-14(11-13)25(27)28/h1-11H,(H,24,26). The van der Waals surface area contributed by atoms with Gasteiger partial charge in [0.15, 0.2) is 0 Å². The Hall–Kier alpha value is -3.95. The van der Waals surface area contributed by atoms with E-state index >= 15 is 0 Å². The number of rotatable bonds is 5. The Morgan fingerprint density at radius 2 is 1.83 bits per heavy atom. The van der Waals surface area contributed by atoms with E-state index in [1.165, 1.54) is 54.7 Å². The van der Waals surface area contributed by atoms with Crippen molar-refractivity contribution in [3.63, 3.8) is 0 Å². The molecule has 1 N–H and O–H groups in total. The second-order valence-electron chi connectivity index (χ2n) is 5.75. The van der Waals surface area contributed by atoms with Crippen molar-refractivity contribution in [2.45, 2.75) is 6.18 Å². The molecule has 1 aromatic heterocycles. The fraction of sp³-hybridized carbons (Fsp3) is 0.0526. The van der Waals surface area contributed by atoms with Crippen LogP contribution in [-0.4, -0.2) is 15.8 Å². The van der Waals surface area contributed by atoms with Gasteiger partial charge in [-0.1, -0.05) is 12.1 Å². The number of ether oxygens (including phenoxy) is 1. The first kappa shape index (κ1) is 19.8.